The maximum atomic E-state index is 14.0. The van der Waals surface area contributed by atoms with Crippen molar-refractivity contribution in [3.63, 3.8) is 0 Å². The molecule has 0 N–H and O–H groups in total. The summed E-state index contributed by atoms with van der Waals surface area (Å²) in [4.78, 5) is 32.4. The summed E-state index contributed by atoms with van der Waals surface area (Å²) in [6.07, 6.45) is 1.80. The molecule has 0 spiro atoms. The number of allylic oxidation sites excluding steroid dienone is 1. The van der Waals surface area contributed by atoms with Crippen molar-refractivity contribution in [3.05, 3.63) is 124 Å². The number of rotatable bonds is 10. The quantitative estimate of drug-likeness (QED) is 0.168. The first-order valence-electron chi connectivity index (χ1n) is 14.7. The molecule has 0 fully saturated rings. The van der Waals surface area contributed by atoms with Crippen LogP contribution in [0.5, 0.6) is 11.5 Å². The van der Waals surface area contributed by atoms with Crippen molar-refractivity contribution in [3.8, 4) is 11.5 Å². The smallest absolute Gasteiger partial charge is 0.338 e. The number of ether oxygens (including phenoxy) is 3. The third-order valence-corrected chi connectivity index (χ3v) is 8.97. The van der Waals surface area contributed by atoms with Crippen molar-refractivity contribution in [1.29, 1.82) is 0 Å². The molecule has 0 aliphatic carbocycles. The first kappa shape index (κ1) is 32.5. The summed E-state index contributed by atoms with van der Waals surface area (Å²) in [7, 11) is 0. The molecule has 0 saturated heterocycles. The largest absolute Gasteiger partial charge is 0.490 e. The number of nitrogens with zero attached hydrogens (tertiary/aromatic N) is 2. The Morgan fingerprint density at radius 1 is 1.00 bits per heavy atom. The molecular weight excluding hydrogens is 631 g/mol. The summed E-state index contributed by atoms with van der Waals surface area (Å²) in [6, 6.07) is 18.1. The van der Waals surface area contributed by atoms with Crippen LogP contribution in [0.15, 0.2) is 81.7 Å². The Labute approximate surface area is 276 Å². The van der Waals surface area contributed by atoms with E-state index in [0.717, 1.165) is 16.7 Å². The predicted octanol–water partition coefficient (Wildman–Crippen LogP) is 7.21. The Kier molecular flexibility index (Phi) is 10.2. The van der Waals surface area contributed by atoms with Crippen LogP contribution in [0.25, 0.3) is 6.08 Å². The van der Waals surface area contributed by atoms with Crippen LogP contribution in [-0.2, 0) is 16.1 Å². The standard InChI is InChI=1S/C35H34Cl2N2O5S/c1-6-42-29-16-22(8-15-28(29)44-19-25-13-14-26(36)18-27(25)37)17-30-33(40)39-32(24-11-9-23(10-12-24)20(3)4)31(34(41)43-7-2)21(5)38-35(39)45-30/h8-18,20,32H,6-7,19H2,1-5H3/b30-17-/t32-/m0/s1. The van der Waals surface area contributed by atoms with Gasteiger partial charge in [0.05, 0.1) is 35.1 Å². The van der Waals surface area contributed by atoms with Gasteiger partial charge >= 0.3 is 5.97 Å². The van der Waals surface area contributed by atoms with Gasteiger partial charge in [0.1, 0.15) is 6.61 Å². The van der Waals surface area contributed by atoms with Gasteiger partial charge in [0.25, 0.3) is 5.56 Å². The number of carbonyl (C=O) groups is 1. The fraction of sp³-hybridized carbons (Fsp3) is 0.286. The van der Waals surface area contributed by atoms with Crippen molar-refractivity contribution in [2.75, 3.05) is 13.2 Å². The number of hydrogen-bond acceptors (Lipinski definition) is 7. The molecule has 7 nitrogen and oxygen atoms in total. The van der Waals surface area contributed by atoms with Crippen molar-refractivity contribution in [1.82, 2.24) is 4.57 Å². The Hall–Kier alpha value is -3.85. The molecule has 0 amide bonds. The number of carbonyl (C=O) groups excluding carboxylic acids is 1. The number of thiazole rings is 1. The van der Waals surface area contributed by atoms with E-state index >= 15 is 0 Å². The fourth-order valence-electron chi connectivity index (χ4n) is 5.12. The summed E-state index contributed by atoms with van der Waals surface area (Å²) < 4.78 is 19.4. The van der Waals surface area contributed by atoms with Gasteiger partial charge in [-0.3, -0.25) is 9.36 Å². The van der Waals surface area contributed by atoms with E-state index in [9.17, 15) is 9.59 Å². The van der Waals surface area contributed by atoms with Crippen LogP contribution >= 0.6 is 34.5 Å². The van der Waals surface area contributed by atoms with Gasteiger partial charge < -0.3 is 14.2 Å². The zero-order valence-electron chi connectivity index (χ0n) is 25.7. The van der Waals surface area contributed by atoms with Gasteiger partial charge in [0, 0.05) is 15.6 Å². The molecule has 2 heterocycles. The third-order valence-electron chi connectivity index (χ3n) is 7.40. The van der Waals surface area contributed by atoms with E-state index in [4.69, 9.17) is 37.4 Å². The second-order valence-corrected chi connectivity index (χ2v) is 12.6. The third kappa shape index (κ3) is 7.03. The van der Waals surface area contributed by atoms with E-state index in [0.29, 0.717) is 54.7 Å². The van der Waals surface area contributed by atoms with E-state index in [2.05, 4.69) is 18.8 Å². The van der Waals surface area contributed by atoms with Gasteiger partial charge in [-0.2, -0.15) is 0 Å². The van der Waals surface area contributed by atoms with Gasteiger partial charge in [-0.05, 0) is 73.7 Å². The molecule has 1 aromatic heterocycles. The van der Waals surface area contributed by atoms with Crippen LogP contribution in [0.4, 0.5) is 0 Å². The normalized spacial score (nSPS) is 14.8. The lowest BCUT2D eigenvalue weighted by molar-refractivity contribution is -0.139. The second kappa shape index (κ2) is 14.1. The maximum Gasteiger partial charge on any atom is 0.338 e. The molecule has 4 aromatic rings. The van der Waals surface area contributed by atoms with Gasteiger partial charge in [0.2, 0.25) is 0 Å². The van der Waals surface area contributed by atoms with Crippen molar-refractivity contribution < 1.29 is 19.0 Å². The van der Waals surface area contributed by atoms with Gasteiger partial charge in [-0.15, -0.1) is 0 Å². The summed E-state index contributed by atoms with van der Waals surface area (Å²) in [5, 5.41) is 1.07. The van der Waals surface area contributed by atoms with Crippen LogP contribution in [0.3, 0.4) is 0 Å². The van der Waals surface area contributed by atoms with E-state index < -0.39 is 12.0 Å². The number of aromatic nitrogens is 1. The minimum Gasteiger partial charge on any atom is -0.490 e. The van der Waals surface area contributed by atoms with Crippen LogP contribution in [0.1, 0.15) is 68.8 Å². The monoisotopic (exact) mass is 664 g/mol. The number of esters is 1. The molecule has 0 radical (unpaired) electrons. The Morgan fingerprint density at radius 3 is 2.42 bits per heavy atom. The summed E-state index contributed by atoms with van der Waals surface area (Å²) >= 11 is 13.6. The predicted molar refractivity (Wildman–Crippen MR) is 179 cm³/mol. The van der Waals surface area contributed by atoms with Crippen LogP contribution < -0.4 is 24.4 Å². The second-order valence-electron chi connectivity index (χ2n) is 10.8. The maximum absolute atomic E-state index is 14.0. The molecule has 0 bridgehead atoms. The molecule has 3 aromatic carbocycles. The minimum atomic E-state index is -0.668. The van der Waals surface area contributed by atoms with E-state index in [1.807, 2.05) is 49.4 Å². The summed E-state index contributed by atoms with van der Waals surface area (Å²) in [5.74, 6) is 0.938. The molecule has 5 rings (SSSR count). The van der Waals surface area contributed by atoms with Gasteiger partial charge in [-0.1, -0.05) is 84.8 Å². The molecule has 10 heteroatoms. The average Bonchev–Trinajstić information content (AvgIpc) is 3.30. The fourth-order valence-corrected chi connectivity index (χ4v) is 6.63. The first-order valence-corrected chi connectivity index (χ1v) is 16.3. The van der Waals surface area contributed by atoms with E-state index in [-0.39, 0.29) is 18.8 Å². The summed E-state index contributed by atoms with van der Waals surface area (Å²) in [5.41, 5.74) is 4.15. The molecule has 1 aliphatic heterocycles. The highest BCUT2D eigenvalue weighted by Crippen LogP contribution is 2.33. The van der Waals surface area contributed by atoms with Gasteiger partial charge in [0.15, 0.2) is 16.3 Å². The van der Waals surface area contributed by atoms with E-state index in [1.54, 1.807) is 42.7 Å². The highest BCUT2D eigenvalue weighted by atomic mass is 35.5. The lowest BCUT2D eigenvalue weighted by Gasteiger charge is -2.25. The molecular formula is C35H34Cl2N2O5S. The van der Waals surface area contributed by atoms with Gasteiger partial charge in [-0.25, -0.2) is 9.79 Å². The number of benzene rings is 3. The Balaban J connectivity index is 1.55. The molecule has 0 unspecified atom stereocenters. The lowest BCUT2D eigenvalue weighted by Crippen LogP contribution is -2.39. The zero-order valence-corrected chi connectivity index (χ0v) is 28.1. The molecule has 234 valence electrons. The van der Waals surface area contributed by atoms with Crippen LogP contribution in [0.2, 0.25) is 10.0 Å². The number of fused-ring (bicyclic) bond motifs is 1. The topological polar surface area (TPSA) is 79.1 Å². The molecule has 1 atom stereocenters. The van der Waals surface area contributed by atoms with E-state index in [1.165, 1.54) is 16.9 Å². The molecule has 0 saturated carbocycles. The highest BCUT2D eigenvalue weighted by Gasteiger charge is 2.33. The van der Waals surface area contributed by atoms with Crippen molar-refractivity contribution >= 4 is 46.6 Å². The SMILES string of the molecule is CCOC(=O)C1=C(C)N=c2s/c(=C\c3ccc(OCc4ccc(Cl)cc4Cl)c(OCC)c3)c(=O)n2[C@H]1c1ccc(C(C)C)cc1. The highest BCUT2D eigenvalue weighted by molar-refractivity contribution is 7.07. The van der Waals surface area contributed by atoms with Crippen molar-refractivity contribution in [2.24, 2.45) is 4.99 Å². The summed E-state index contributed by atoms with van der Waals surface area (Å²) in [6.45, 7) is 10.5. The van der Waals surface area contributed by atoms with Crippen LogP contribution in [-0.4, -0.2) is 23.8 Å². The lowest BCUT2D eigenvalue weighted by atomic mass is 9.93. The average molecular weight is 666 g/mol. The molecule has 1 aliphatic rings. The van der Waals surface area contributed by atoms with Crippen molar-refractivity contribution in [2.45, 2.75) is 53.2 Å². The number of hydrogen-bond donors (Lipinski definition) is 0. The zero-order chi connectivity index (χ0) is 32.2. The minimum absolute atomic E-state index is 0.216. The number of halogens is 2. The Bertz CT molecular complexity index is 1940. The van der Waals surface area contributed by atoms with Crippen LogP contribution in [0, 0.1) is 0 Å². The Morgan fingerprint density at radius 2 is 1.76 bits per heavy atom. The first-order chi connectivity index (χ1) is 21.6. The molecule has 45 heavy (non-hydrogen) atoms.